The van der Waals surface area contributed by atoms with Gasteiger partial charge in [-0.25, -0.2) is 9.97 Å². The van der Waals surface area contributed by atoms with Crippen molar-refractivity contribution < 1.29 is 0 Å². The van der Waals surface area contributed by atoms with Gasteiger partial charge < -0.3 is 0 Å². The van der Waals surface area contributed by atoms with Crippen LogP contribution in [0.5, 0.6) is 0 Å². The molecule has 0 amide bonds. The lowest BCUT2D eigenvalue weighted by Crippen LogP contribution is -1.99. The molecule has 0 aliphatic rings. The van der Waals surface area contributed by atoms with Crippen molar-refractivity contribution in [3.8, 4) is 0 Å². The molecular formula is C17H14N2. The SMILES string of the molecule is CC(C)c1nc2ccc3cccc4ccc(n1)c2c34. The van der Waals surface area contributed by atoms with Crippen LogP contribution in [0.15, 0.2) is 42.5 Å². The van der Waals surface area contributed by atoms with Gasteiger partial charge in [-0.1, -0.05) is 44.2 Å². The molecule has 0 atom stereocenters. The van der Waals surface area contributed by atoms with E-state index in [1.54, 1.807) is 0 Å². The van der Waals surface area contributed by atoms with Crippen molar-refractivity contribution in [2.75, 3.05) is 0 Å². The Hall–Kier alpha value is -2.22. The van der Waals surface area contributed by atoms with Crippen LogP contribution in [0.1, 0.15) is 25.6 Å². The van der Waals surface area contributed by atoms with Gasteiger partial charge in [0.25, 0.3) is 0 Å². The number of hydrogen-bond donors (Lipinski definition) is 0. The molecule has 0 radical (unpaired) electrons. The van der Waals surface area contributed by atoms with E-state index in [0.29, 0.717) is 5.92 Å². The zero-order valence-electron chi connectivity index (χ0n) is 11.0. The second-order valence-corrected chi connectivity index (χ2v) is 5.36. The molecule has 0 aliphatic heterocycles. The van der Waals surface area contributed by atoms with Gasteiger partial charge in [-0.2, -0.15) is 0 Å². The maximum absolute atomic E-state index is 4.72. The van der Waals surface area contributed by atoms with Gasteiger partial charge in [0.15, 0.2) is 0 Å². The molecule has 0 fully saturated rings. The normalized spacial score (nSPS) is 12.2. The third kappa shape index (κ3) is 1.43. The molecule has 0 saturated heterocycles. The van der Waals surface area contributed by atoms with Crippen LogP contribution in [0.2, 0.25) is 0 Å². The smallest absolute Gasteiger partial charge is 0.132 e. The minimum atomic E-state index is 0.349. The summed E-state index contributed by atoms with van der Waals surface area (Å²) in [5.41, 5.74) is 2.11. The van der Waals surface area contributed by atoms with E-state index in [1.807, 2.05) is 0 Å². The molecule has 19 heavy (non-hydrogen) atoms. The molecule has 3 aromatic carbocycles. The summed E-state index contributed by atoms with van der Waals surface area (Å²) in [5.74, 6) is 1.27. The third-order valence-electron chi connectivity index (χ3n) is 3.72. The third-order valence-corrected chi connectivity index (χ3v) is 3.72. The molecule has 92 valence electrons. The molecule has 0 spiro atoms. The lowest BCUT2D eigenvalue weighted by Gasteiger charge is -2.12. The van der Waals surface area contributed by atoms with Gasteiger partial charge in [-0.3, -0.25) is 0 Å². The number of benzene rings is 3. The molecule has 4 aromatic rings. The summed E-state index contributed by atoms with van der Waals surface area (Å²) in [4.78, 5) is 9.43. The standard InChI is InChI=1S/C17H14N2/c1-10(2)17-18-13-8-6-11-4-3-5-12-7-9-14(19-17)16(13)15(11)12/h3-10H,1-2H3. The molecular weight excluding hydrogens is 232 g/mol. The van der Waals surface area contributed by atoms with Crippen LogP contribution in [-0.4, -0.2) is 9.97 Å². The fraction of sp³-hybridized carbons (Fsp3) is 0.176. The maximum atomic E-state index is 4.72. The minimum absolute atomic E-state index is 0.349. The minimum Gasteiger partial charge on any atom is -0.233 e. The van der Waals surface area contributed by atoms with E-state index in [1.165, 1.54) is 21.5 Å². The van der Waals surface area contributed by atoms with Gasteiger partial charge >= 0.3 is 0 Å². The van der Waals surface area contributed by atoms with Crippen molar-refractivity contribution in [3.05, 3.63) is 48.3 Å². The predicted molar refractivity (Wildman–Crippen MR) is 79.8 cm³/mol. The summed E-state index contributed by atoms with van der Waals surface area (Å²) in [7, 11) is 0. The molecule has 1 heterocycles. The van der Waals surface area contributed by atoms with E-state index >= 15 is 0 Å². The second-order valence-electron chi connectivity index (χ2n) is 5.36. The van der Waals surface area contributed by atoms with E-state index in [9.17, 15) is 0 Å². The van der Waals surface area contributed by atoms with Gasteiger partial charge in [-0.15, -0.1) is 0 Å². The Morgan fingerprint density at radius 2 is 1.32 bits per heavy atom. The van der Waals surface area contributed by atoms with Crippen molar-refractivity contribution in [1.82, 2.24) is 9.97 Å². The molecule has 1 aromatic heterocycles. The first-order valence-corrected chi connectivity index (χ1v) is 6.65. The fourth-order valence-electron chi connectivity index (χ4n) is 2.76. The molecule has 0 N–H and O–H groups in total. The topological polar surface area (TPSA) is 25.8 Å². The molecule has 0 aliphatic carbocycles. The predicted octanol–water partition coefficient (Wildman–Crippen LogP) is 4.50. The highest BCUT2D eigenvalue weighted by Gasteiger charge is 2.12. The van der Waals surface area contributed by atoms with Crippen LogP contribution in [0.3, 0.4) is 0 Å². The molecule has 0 unspecified atom stereocenters. The zero-order chi connectivity index (χ0) is 13.0. The van der Waals surface area contributed by atoms with Crippen molar-refractivity contribution in [2.24, 2.45) is 0 Å². The van der Waals surface area contributed by atoms with Gasteiger partial charge in [0, 0.05) is 16.7 Å². The summed E-state index contributed by atoms with van der Waals surface area (Å²) < 4.78 is 0. The van der Waals surface area contributed by atoms with Gasteiger partial charge in [0.2, 0.25) is 0 Å². The van der Waals surface area contributed by atoms with Crippen LogP contribution in [0.25, 0.3) is 32.6 Å². The zero-order valence-corrected chi connectivity index (χ0v) is 11.0. The highest BCUT2D eigenvalue weighted by molar-refractivity contribution is 6.21. The van der Waals surface area contributed by atoms with Crippen LogP contribution < -0.4 is 0 Å². The lowest BCUT2D eigenvalue weighted by molar-refractivity contribution is 0.789. The first-order valence-electron chi connectivity index (χ1n) is 6.65. The van der Waals surface area contributed by atoms with Crippen LogP contribution >= 0.6 is 0 Å². The van der Waals surface area contributed by atoms with Crippen molar-refractivity contribution in [1.29, 1.82) is 0 Å². The summed E-state index contributed by atoms with van der Waals surface area (Å²) in [6.45, 7) is 4.26. The summed E-state index contributed by atoms with van der Waals surface area (Å²) in [6.07, 6.45) is 0. The maximum Gasteiger partial charge on any atom is 0.132 e. The van der Waals surface area contributed by atoms with Crippen molar-refractivity contribution >= 4 is 32.6 Å². The number of rotatable bonds is 1. The Balaban J connectivity index is 2.28. The van der Waals surface area contributed by atoms with E-state index in [2.05, 4.69) is 56.3 Å². The van der Waals surface area contributed by atoms with Gasteiger partial charge in [0.05, 0.1) is 11.0 Å². The quantitative estimate of drug-likeness (QED) is 0.462. The van der Waals surface area contributed by atoms with Gasteiger partial charge in [0.1, 0.15) is 5.82 Å². The van der Waals surface area contributed by atoms with Crippen LogP contribution in [0, 0.1) is 0 Å². The molecule has 0 saturated carbocycles. The summed E-state index contributed by atoms with van der Waals surface area (Å²) >= 11 is 0. The molecule has 2 nitrogen and oxygen atoms in total. The van der Waals surface area contributed by atoms with E-state index in [0.717, 1.165) is 16.9 Å². The fourth-order valence-corrected chi connectivity index (χ4v) is 2.76. The Morgan fingerprint density at radius 3 is 1.84 bits per heavy atom. The van der Waals surface area contributed by atoms with Gasteiger partial charge in [-0.05, 0) is 22.9 Å². The van der Waals surface area contributed by atoms with Crippen molar-refractivity contribution in [3.63, 3.8) is 0 Å². The molecule has 0 bridgehead atoms. The van der Waals surface area contributed by atoms with Crippen LogP contribution in [0.4, 0.5) is 0 Å². The van der Waals surface area contributed by atoms with E-state index in [4.69, 9.17) is 9.97 Å². The largest absolute Gasteiger partial charge is 0.233 e. The molecule has 2 heteroatoms. The first kappa shape index (κ1) is 10.7. The Kier molecular flexibility index (Phi) is 2.05. The highest BCUT2D eigenvalue weighted by atomic mass is 14.9. The van der Waals surface area contributed by atoms with Crippen molar-refractivity contribution in [2.45, 2.75) is 19.8 Å². The number of hydrogen-bond acceptors (Lipinski definition) is 2. The molecule has 4 rings (SSSR count). The average molecular weight is 246 g/mol. The monoisotopic (exact) mass is 246 g/mol. The average Bonchev–Trinajstić information content (AvgIpc) is 2.44. The van der Waals surface area contributed by atoms with Crippen LogP contribution in [-0.2, 0) is 0 Å². The first-order chi connectivity index (χ1) is 9.24. The number of aromatic nitrogens is 2. The summed E-state index contributed by atoms with van der Waals surface area (Å²) in [6, 6.07) is 14.9. The Morgan fingerprint density at radius 1 is 0.737 bits per heavy atom. The highest BCUT2D eigenvalue weighted by Crippen LogP contribution is 2.33. The number of nitrogens with zero attached hydrogens (tertiary/aromatic N) is 2. The lowest BCUT2D eigenvalue weighted by atomic mass is 9.98. The Bertz CT molecular complexity index is 830. The second kappa shape index (κ2) is 3.64. The van der Waals surface area contributed by atoms with E-state index < -0.39 is 0 Å². The summed E-state index contributed by atoms with van der Waals surface area (Å²) in [5, 5.41) is 5.00. The Labute approximate surface area is 111 Å². The van der Waals surface area contributed by atoms with E-state index in [-0.39, 0.29) is 0 Å².